The van der Waals surface area contributed by atoms with Gasteiger partial charge in [-0.25, -0.2) is 0 Å². The number of benzene rings is 1. The summed E-state index contributed by atoms with van der Waals surface area (Å²) in [6, 6.07) is 5.35. The maximum absolute atomic E-state index is 8.43. The maximum Gasteiger partial charge on any atom is 0.114 e. The summed E-state index contributed by atoms with van der Waals surface area (Å²) in [4.78, 5) is 1.47. The second-order valence-electron chi connectivity index (χ2n) is 2.96. The number of hydrogen-bond donors (Lipinski definition) is 0. The SMILES string of the molecule is N#CCCn1nc2cc(Cl)c(Cl)cc2n1. The first-order valence-electron chi connectivity index (χ1n) is 4.27. The van der Waals surface area contributed by atoms with Crippen LogP contribution in [0.5, 0.6) is 0 Å². The standard InChI is InChI=1S/C9H6Cl2N4/c10-6-4-8-9(5-7(6)11)14-15(13-8)3-1-2-12/h4-5H,1,3H2. The van der Waals surface area contributed by atoms with Gasteiger partial charge in [0, 0.05) is 0 Å². The van der Waals surface area contributed by atoms with Gasteiger partial charge in [-0.1, -0.05) is 23.2 Å². The quantitative estimate of drug-likeness (QED) is 0.811. The Hall–Kier alpha value is -1.31. The molecule has 0 aliphatic rings. The molecular formula is C9H6Cl2N4. The molecule has 76 valence electrons. The number of aromatic nitrogens is 3. The first kappa shape index (κ1) is 10.2. The van der Waals surface area contributed by atoms with E-state index in [0.717, 1.165) is 0 Å². The van der Waals surface area contributed by atoms with Crippen LogP contribution in [-0.4, -0.2) is 15.0 Å². The summed E-state index contributed by atoms with van der Waals surface area (Å²) in [5.74, 6) is 0. The van der Waals surface area contributed by atoms with Crippen LogP contribution in [-0.2, 0) is 6.54 Å². The summed E-state index contributed by atoms with van der Waals surface area (Å²) in [5.41, 5.74) is 1.37. The van der Waals surface area contributed by atoms with Crippen molar-refractivity contribution in [1.29, 1.82) is 5.26 Å². The van der Waals surface area contributed by atoms with E-state index in [2.05, 4.69) is 10.2 Å². The minimum Gasteiger partial charge on any atom is -0.198 e. The first-order valence-corrected chi connectivity index (χ1v) is 5.03. The molecule has 0 aliphatic carbocycles. The summed E-state index contributed by atoms with van der Waals surface area (Å²) in [5, 5.41) is 17.7. The highest BCUT2D eigenvalue weighted by Gasteiger charge is 2.06. The van der Waals surface area contributed by atoms with E-state index in [1.54, 1.807) is 12.1 Å². The summed E-state index contributed by atoms with van der Waals surface area (Å²) in [6.45, 7) is 0.473. The lowest BCUT2D eigenvalue weighted by Gasteiger charge is -1.91. The topological polar surface area (TPSA) is 54.5 Å². The zero-order valence-electron chi connectivity index (χ0n) is 7.61. The molecule has 0 aliphatic heterocycles. The predicted molar refractivity (Wildman–Crippen MR) is 57.8 cm³/mol. The van der Waals surface area contributed by atoms with E-state index in [9.17, 15) is 0 Å². The van der Waals surface area contributed by atoms with E-state index >= 15 is 0 Å². The summed E-state index contributed by atoms with van der Waals surface area (Å²) in [7, 11) is 0. The van der Waals surface area contributed by atoms with Crippen LogP contribution < -0.4 is 0 Å². The van der Waals surface area contributed by atoms with Crippen molar-refractivity contribution >= 4 is 34.2 Å². The van der Waals surface area contributed by atoms with Crippen molar-refractivity contribution in [1.82, 2.24) is 15.0 Å². The molecular weight excluding hydrogens is 235 g/mol. The number of nitriles is 1. The van der Waals surface area contributed by atoms with Gasteiger partial charge in [-0.2, -0.15) is 20.3 Å². The fourth-order valence-corrected chi connectivity index (χ4v) is 1.52. The Morgan fingerprint density at radius 1 is 1.20 bits per heavy atom. The molecule has 0 spiro atoms. The molecule has 1 heterocycles. The van der Waals surface area contributed by atoms with Crippen LogP contribution in [0.4, 0.5) is 0 Å². The Balaban J connectivity index is 2.43. The molecule has 2 rings (SSSR count). The molecule has 0 saturated heterocycles. The summed E-state index contributed by atoms with van der Waals surface area (Å²) in [6.07, 6.45) is 0.377. The lowest BCUT2D eigenvalue weighted by Crippen LogP contribution is -2.00. The Bertz CT molecular complexity index is 502. The number of hydrogen-bond acceptors (Lipinski definition) is 3. The molecule has 0 atom stereocenters. The van der Waals surface area contributed by atoms with E-state index in [1.165, 1.54) is 4.80 Å². The molecule has 0 amide bonds. The molecule has 0 unspecified atom stereocenters. The lowest BCUT2D eigenvalue weighted by molar-refractivity contribution is 0.554. The van der Waals surface area contributed by atoms with Crippen molar-refractivity contribution in [2.45, 2.75) is 13.0 Å². The highest BCUT2D eigenvalue weighted by molar-refractivity contribution is 6.42. The molecule has 0 saturated carbocycles. The van der Waals surface area contributed by atoms with Gasteiger partial charge in [0.05, 0.1) is 29.1 Å². The molecule has 15 heavy (non-hydrogen) atoms. The third-order valence-electron chi connectivity index (χ3n) is 1.89. The van der Waals surface area contributed by atoms with Crippen LogP contribution in [0.1, 0.15) is 6.42 Å². The minimum atomic E-state index is 0.377. The van der Waals surface area contributed by atoms with Crippen LogP contribution in [0.25, 0.3) is 11.0 Å². The van der Waals surface area contributed by atoms with E-state index < -0.39 is 0 Å². The van der Waals surface area contributed by atoms with Gasteiger partial charge in [0.25, 0.3) is 0 Å². The van der Waals surface area contributed by atoms with Gasteiger partial charge in [0.2, 0.25) is 0 Å². The maximum atomic E-state index is 8.43. The number of halogens is 2. The number of aryl methyl sites for hydroxylation is 1. The Morgan fingerprint density at radius 3 is 2.20 bits per heavy atom. The highest BCUT2D eigenvalue weighted by Crippen LogP contribution is 2.25. The van der Waals surface area contributed by atoms with Crippen LogP contribution in [0.2, 0.25) is 10.0 Å². The van der Waals surface area contributed by atoms with Crippen LogP contribution in [0, 0.1) is 11.3 Å². The third-order valence-corrected chi connectivity index (χ3v) is 2.61. The third kappa shape index (κ3) is 2.04. The molecule has 2 aromatic rings. The number of rotatable bonds is 2. The lowest BCUT2D eigenvalue weighted by atomic mass is 10.3. The van der Waals surface area contributed by atoms with E-state index in [0.29, 0.717) is 34.0 Å². The van der Waals surface area contributed by atoms with E-state index in [-0.39, 0.29) is 0 Å². The van der Waals surface area contributed by atoms with Crippen molar-refractivity contribution in [2.24, 2.45) is 0 Å². The second kappa shape index (κ2) is 4.05. The van der Waals surface area contributed by atoms with Gasteiger partial charge < -0.3 is 0 Å². The normalized spacial score (nSPS) is 10.5. The van der Waals surface area contributed by atoms with Crippen molar-refractivity contribution in [3.05, 3.63) is 22.2 Å². The van der Waals surface area contributed by atoms with Gasteiger partial charge in [-0.05, 0) is 12.1 Å². The molecule has 1 aromatic carbocycles. The zero-order valence-corrected chi connectivity index (χ0v) is 9.13. The minimum absolute atomic E-state index is 0.377. The van der Waals surface area contributed by atoms with Crippen molar-refractivity contribution < 1.29 is 0 Å². The van der Waals surface area contributed by atoms with Gasteiger partial charge >= 0.3 is 0 Å². The number of nitrogens with zero attached hydrogens (tertiary/aromatic N) is 4. The van der Waals surface area contributed by atoms with Crippen LogP contribution in [0.3, 0.4) is 0 Å². The van der Waals surface area contributed by atoms with Gasteiger partial charge in [0.1, 0.15) is 11.0 Å². The van der Waals surface area contributed by atoms with E-state index in [1.807, 2.05) is 6.07 Å². The molecule has 6 heteroatoms. The fraction of sp³-hybridized carbons (Fsp3) is 0.222. The first-order chi connectivity index (χ1) is 7.20. The molecule has 4 nitrogen and oxygen atoms in total. The largest absolute Gasteiger partial charge is 0.198 e. The molecule has 0 fully saturated rings. The number of fused-ring (bicyclic) bond motifs is 1. The van der Waals surface area contributed by atoms with Crippen molar-refractivity contribution in [2.75, 3.05) is 0 Å². The van der Waals surface area contributed by atoms with Gasteiger partial charge in [-0.3, -0.25) is 0 Å². The molecule has 0 bridgehead atoms. The monoisotopic (exact) mass is 240 g/mol. The van der Waals surface area contributed by atoms with Gasteiger partial charge in [0.15, 0.2) is 0 Å². The van der Waals surface area contributed by atoms with E-state index in [4.69, 9.17) is 28.5 Å². The average Bonchev–Trinajstić information content (AvgIpc) is 2.58. The summed E-state index contributed by atoms with van der Waals surface area (Å²) >= 11 is 11.7. The van der Waals surface area contributed by atoms with Gasteiger partial charge in [-0.15, -0.1) is 0 Å². The Kier molecular flexibility index (Phi) is 2.76. The Morgan fingerprint density at radius 2 is 1.73 bits per heavy atom. The smallest absolute Gasteiger partial charge is 0.114 e. The second-order valence-corrected chi connectivity index (χ2v) is 3.77. The Labute approximate surface area is 96.0 Å². The van der Waals surface area contributed by atoms with Crippen LogP contribution in [0.15, 0.2) is 12.1 Å². The van der Waals surface area contributed by atoms with Crippen LogP contribution >= 0.6 is 23.2 Å². The van der Waals surface area contributed by atoms with Crippen molar-refractivity contribution in [3.63, 3.8) is 0 Å². The zero-order chi connectivity index (χ0) is 10.8. The summed E-state index contributed by atoms with van der Waals surface area (Å²) < 4.78 is 0. The fourth-order valence-electron chi connectivity index (χ4n) is 1.21. The molecule has 0 radical (unpaired) electrons. The van der Waals surface area contributed by atoms with Crippen molar-refractivity contribution in [3.8, 4) is 6.07 Å². The molecule has 0 N–H and O–H groups in total. The predicted octanol–water partition coefficient (Wildman–Crippen LogP) is 2.65. The average molecular weight is 241 g/mol. The molecule has 1 aromatic heterocycles. The highest BCUT2D eigenvalue weighted by atomic mass is 35.5.